The van der Waals surface area contributed by atoms with Crippen LogP contribution in [0.15, 0.2) is 30.3 Å². The zero-order chi connectivity index (χ0) is 14.7. The highest BCUT2D eigenvalue weighted by Crippen LogP contribution is 2.29. The van der Waals surface area contributed by atoms with Gasteiger partial charge in [0, 0.05) is 25.1 Å². The molecule has 1 aromatic carbocycles. The Hall–Kier alpha value is -1.39. The maximum absolute atomic E-state index is 12.7. The van der Waals surface area contributed by atoms with E-state index in [4.69, 9.17) is 10.5 Å². The molecule has 1 unspecified atom stereocenters. The Bertz CT molecular complexity index is 467. The van der Waals surface area contributed by atoms with Crippen molar-refractivity contribution in [2.45, 2.75) is 37.8 Å². The standard InChI is InChI=1S/C17H24N2O2/c18-16(10-13-4-2-1-3-5-13)17(20)19(15-6-7-15)11-14-8-9-21-12-14/h1-5,14-16H,6-12,18H2/t14?,16-/m0/s1. The van der Waals surface area contributed by atoms with Crippen LogP contribution in [0.1, 0.15) is 24.8 Å². The number of ether oxygens (including phenoxy) is 1. The SMILES string of the molecule is N[C@@H](Cc1ccccc1)C(=O)N(CC1CCOC1)C1CC1. The third-order valence-electron chi connectivity index (χ3n) is 4.37. The zero-order valence-corrected chi connectivity index (χ0v) is 12.4. The number of benzene rings is 1. The summed E-state index contributed by atoms with van der Waals surface area (Å²) in [6.07, 6.45) is 3.92. The number of hydrogen-bond donors (Lipinski definition) is 1. The molecule has 1 aromatic rings. The van der Waals surface area contributed by atoms with Crippen molar-refractivity contribution >= 4 is 5.91 Å². The van der Waals surface area contributed by atoms with Crippen molar-refractivity contribution in [1.82, 2.24) is 4.90 Å². The lowest BCUT2D eigenvalue weighted by molar-refractivity contribution is -0.133. The van der Waals surface area contributed by atoms with Gasteiger partial charge in [0.1, 0.15) is 0 Å². The number of hydrogen-bond acceptors (Lipinski definition) is 3. The predicted octanol–water partition coefficient (Wildman–Crippen LogP) is 1.58. The summed E-state index contributed by atoms with van der Waals surface area (Å²) >= 11 is 0. The Morgan fingerprint density at radius 1 is 1.29 bits per heavy atom. The molecule has 0 radical (unpaired) electrons. The maximum atomic E-state index is 12.7. The Balaban J connectivity index is 1.60. The van der Waals surface area contributed by atoms with Gasteiger partial charge in [-0.25, -0.2) is 0 Å². The maximum Gasteiger partial charge on any atom is 0.240 e. The van der Waals surface area contributed by atoms with Gasteiger partial charge in [0.15, 0.2) is 0 Å². The van der Waals surface area contributed by atoms with E-state index in [1.165, 1.54) is 0 Å². The molecule has 1 saturated heterocycles. The summed E-state index contributed by atoms with van der Waals surface area (Å²) in [7, 11) is 0. The van der Waals surface area contributed by atoms with E-state index in [9.17, 15) is 4.79 Å². The second-order valence-corrected chi connectivity index (χ2v) is 6.25. The molecule has 4 heteroatoms. The summed E-state index contributed by atoms with van der Waals surface area (Å²) in [5.74, 6) is 0.590. The fourth-order valence-corrected chi connectivity index (χ4v) is 2.98. The lowest BCUT2D eigenvalue weighted by Gasteiger charge is -2.28. The van der Waals surface area contributed by atoms with Gasteiger partial charge >= 0.3 is 0 Å². The van der Waals surface area contributed by atoms with Crippen molar-refractivity contribution in [2.24, 2.45) is 11.7 Å². The van der Waals surface area contributed by atoms with Gasteiger partial charge in [0.2, 0.25) is 5.91 Å². The van der Waals surface area contributed by atoms with Crippen LogP contribution in [0.5, 0.6) is 0 Å². The van der Waals surface area contributed by atoms with E-state index >= 15 is 0 Å². The Morgan fingerprint density at radius 3 is 2.67 bits per heavy atom. The summed E-state index contributed by atoms with van der Waals surface area (Å²) in [6.45, 7) is 2.42. The van der Waals surface area contributed by atoms with Crippen LogP contribution in [0.2, 0.25) is 0 Å². The number of rotatable bonds is 6. The second kappa shape index (κ2) is 6.58. The third kappa shape index (κ3) is 3.83. The van der Waals surface area contributed by atoms with Crippen LogP contribution in [-0.2, 0) is 16.0 Å². The van der Waals surface area contributed by atoms with Crippen LogP contribution in [0.25, 0.3) is 0 Å². The molecule has 1 heterocycles. The molecule has 0 aromatic heterocycles. The first-order valence-corrected chi connectivity index (χ1v) is 7.92. The molecule has 21 heavy (non-hydrogen) atoms. The molecule has 2 aliphatic rings. The van der Waals surface area contributed by atoms with Gasteiger partial charge in [0.05, 0.1) is 12.6 Å². The number of nitrogens with two attached hydrogens (primary N) is 1. The minimum atomic E-state index is -0.435. The van der Waals surface area contributed by atoms with E-state index in [-0.39, 0.29) is 5.91 Å². The van der Waals surface area contributed by atoms with Gasteiger partial charge < -0.3 is 15.4 Å². The van der Waals surface area contributed by atoms with Crippen molar-refractivity contribution in [3.63, 3.8) is 0 Å². The fourth-order valence-electron chi connectivity index (χ4n) is 2.98. The molecule has 4 nitrogen and oxygen atoms in total. The highest BCUT2D eigenvalue weighted by atomic mass is 16.5. The molecule has 2 N–H and O–H groups in total. The Labute approximate surface area is 126 Å². The van der Waals surface area contributed by atoms with Crippen LogP contribution in [0.4, 0.5) is 0 Å². The summed E-state index contributed by atoms with van der Waals surface area (Å²) in [6, 6.07) is 9.99. The van der Waals surface area contributed by atoms with E-state index < -0.39 is 6.04 Å². The molecule has 2 fully saturated rings. The van der Waals surface area contributed by atoms with E-state index in [2.05, 4.69) is 0 Å². The number of carbonyl (C=O) groups is 1. The van der Waals surface area contributed by atoms with Gasteiger partial charge in [-0.05, 0) is 31.2 Å². The lowest BCUT2D eigenvalue weighted by Crippen LogP contribution is -2.47. The lowest BCUT2D eigenvalue weighted by atomic mass is 10.0. The van der Waals surface area contributed by atoms with E-state index in [0.717, 1.165) is 44.6 Å². The molecule has 3 rings (SSSR count). The minimum Gasteiger partial charge on any atom is -0.381 e. The average molecular weight is 288 g/mol. The van der Waals surface area contributed by atoms with Crippen LogP contribution in [0.3, 0.4) is 0 Å². The van der Waals surface area contributed by atoms with Crippen molar-refractivity contribution in [2.75, 3.05) is 19.8 Å². The highest BCUT2D eigenvalue weighted by molar-refractivity contribution is 5.82. The smallest absolute Gasteiger partial charge is 0.240 e. The van der Waals surface area contributed by atoms with Crippen molar-refractivity contribution in [3.05, 3.63) is 35.9 Å². The molecular weight excluding hydrogens is 264 g/mol. The van der Waals surface area contributed by atoms with Crippen molar-refractivity contribution in [1.29, 1.82) is 0 Å². The van der Waals surface area contributed by atoms with Gasteiger partial charge in [-0.2, -0.15) is 0 Å². The molecule has 1 amide bonds. The quantitative estimate of drug-likeness (QED) is 0.865. The Kier molecular flexibility index (Phi) is 4.56. The first kappa shape index (κ1) is 14.5. The minimum absolute atomic E-state index is 0.105. The van der Waals surface area contributed by atoms with Crippen molar-refractivity contribution < 1.29 is 9.53 Å². The number of carbonyl (C=O) groups excluding carboxylic acids is 1. The van der Waals surface area contributed by atoms with Crippen LogP contribution in [-0.4, -0.2) is 42.6 Å². The average Bonchev–Trinajstić information content (AvgIpc) is 3.21. The van der Waals surface area contributed by atoms with E-state index in [0.29, 0.717) is 18.4 Å². The monoisotopic (exact) mass is 288 g/mol. The summed E-state index contributed by atoms with van der Waals surface area (Å²) < 4.78 is 5.42. The predicted molar refractivity (Wildman–Crippen MR) is 81.8 cm³/mol. The topological polar surface area (TPSA) is 55.6 Å². The molecule has 0 bridgehead atoms. The third-order valence-corrected chi connectivity index (χ3v) is 4.37. The van der Waals surface area contributed by atoms with Crippen molar-refractivity contribution in [3.8, 4) is 0 Å². The zero-order valence-electron chi connectivity index (χ0n) is 12.4. The van der Waals surface area contributed by atoms with Gasteiger partial charge in [0.25, 0.3) is 0 Å². The molecular formula is C17H24N2O2. The summed E-state index contributed by atoms with van der Waals surface area (Å²) in [5, 5.41) is 0. The largest absolute Gasteiger partial charge is 0.381 e. The summed E-state index contributed by atoms with van der Waals surface area (Å²) in [4.78, 5) is 14.7. The van der Waals surface area contributed by atoms with Crippen LogP contribution < -0.4 is 5.73 Å². The van der Waals surface area contributed by atoms with Crippen LogP contribution in [0, 0.1) is 5.92 Å². The molecule has 0 spiro atoms. The highest BCUT2D eigenvalue weighted by Gasteiger charge is 2.36. The first-order chi connectivity index (χ1) is 10.2. The molecule has 1 aliphatic carbocycles. The van der Waals surface area contributed by atoms with Crippen LogP contribution >= 0.6 is 0 Å². The molecule has 1 aliphatic heterocycles. The van der Waals surface area contributed by atoms with E-state index in [1.807, 2.05) is 35.2 Å². The normalized spacial score (nSPS) is 23.0. The number of nitrogens with zero attached hydrogens (tertiary/aromatic N) is 1. The molecule has 1 saturated carbocycles. The first-order valence-electron chi connectivity index (χ1n) is 7.92. The molecule has 2 atom stereocenters. The number of amides is 1. The Morgan fingerprint density at radius 2 is 2.05 bits per heavy atom. The second-order valence-electron chi connectivity index (χ2n) is 6.25. The molecule has 114 valence electrons. The summed E-state index contributed by atoms with van der Waals surface area (Å²) in [5.41, 5.74) is 7.29. The van der Waals surface area contributed by atoms with E-state index in [1.54, 1.807) is 0 Å². The fraction of sp³-hybridized carbons (Fsp3) is 0.588. The van der Waals surface area contributed by atoms with Gasteiger partial charge in [-0.3, -0.25) is 4.79 Å². The van der Waals surface area contributed by atoms with Gasteiger partial charge in [-0.15, -0.1) is 0 Å². The van der Waals surface area contributed by atoms with Gasteiger partial charge in [-0.1, -0.05) is 30.3 Å².